The molecule has 0 heterocycles. The summed E-state index contributed by atoms with van der Waals surface area (Å²) < 4.78 is 17.3. The zero-order valence-electron chi connectivity index (χ0n) is 7.54. The minimum Gasteiger partial charge on any atom is -0.489 e. The molecule has 0 spiro atoms. The number of rotatable bonds is 4. The lowest BCUT2D eigenvalue weighted by Crippen LogP contribution is -2.10. The summed E-state index contributed by atoms with van der Waals surface area (Å²) in [4.78, 5) is 0. The summed E-state index contributed by atoms with van der Waals surface area (Å²) >= 11 is 5.68. The van der Waals surface area contributed by atoms with Gasteiger partial charge in [0, 0.05) is 17.1 Å². The minimum atomic E-state index is 0.157. The van der Waals surface area contributed by atoms with Gasteiger partial charge in [0.1, 0.15) is 12.4 Å². The molecule has 0 bridgehead atoms. The molecule has 0 aromatic heterocycles. The summed E-state index contributed by atoms with van der Waals surface area (Å²) in [6, 6.07) is 6.85. The molecule has 0 saturated heterocycles. The average molecular weight is 216 g/mol. The third-order valence-corrected chi connectivity index (χ3v) is 1.91. The largest absolute Gasteiger partial charge is 0.489 e. The molecule has 1 aromatic carbocycles. The van der Waals surface area contributed by atoms with E-state index in [2.05, 4.69) is 0 Å². The normalized spacial score (nSPS) is 11.5. The van der Waals surface area contributed by atoms with Crippen molar-refractivity contribution in [1.82, 2.24) is 0 Å². The fourth-order valence-electron chi connectivity index (χ4n) is 0.842. The molecule has 0 radical (unpaired) electrons. The molecular weight excluding hydrogens is 205 g/mol. The first kappa shape index (κ1) is 11.0. The van der Waals surface area contributed by atoms with Crippen LogP contribution in [-0.2, 0) is 0 Å². The Hall–Kier alpha value is -1.06. The van der Waals surface area contributed by atoms with Gasteiger partial charge >= 0.3 is 0 Å². The first-order valence-corrected chi connectivity index (χ1v) is 4.50. The lowest BCUT2D eigenvalue weighted by Gasteiger charge is -2.06. The van der Waals surface area contributed by atoms with Crippen LogP contribution in [0.3, 0.4) is 0 Å². The Bertz CT molecular complexity index is 310. The smallest absolute Gasteiger partial charge is 0.119 e. The highest BCUT2D eigenvalue weighted by atomic mass is 35.5. The zero-order valence-corrected chi connectivity index (χ0v) is 8.30. The van der Waals surface area contributed by atoms with Gasteiger partial charge in [-0.15, -0.1) is 0 Å². The molecule has 4 heteroatoms. The highest BCUT2D eigenvalue weighted by molar-refractivity contribution is 6.30. The number of hydrogen-bond acceptors (Lipinski definition) is 2. The Kier molecular flexibility index (Phi) is 4.43. The van der Waals surface area contributed by atoms with Crippen molar-refractivity contribution < 1.29 is 9.13 Å². The SMILES string of the molecule is NC/C(=C\F)COc1ccc(Cl)cc1. The predicted octanol–water partition coefficient (Wildman–Crippen LogP) is 2.53. The summed E-state index contributed by atoms with van der Waals surface area (Å²) in [5.74, 6) is 0.641. The van der Waals surface area contributed by atoms with Crippen LogP contribution in [0.25, 0.3) is 0 Å². The van der Waals surface area contributed by atoms with Gasteiger partial charge in [-0.05, 0) is 24.3 Å². The number of benzene rings is 1. The number of halogens is 2. The molecule has 2 N–H and O–H groups in total. The zero-order chi connectivity index (χ0) is 10.4. The molecule has 14 heavy (non-hydrogen) atoms. The van der Waals surface area contributed by atoms with Gasteiger partial charge < -0.3 is 10.5 Å². The molecule has 0 aliphatic rings. The maximum atomic E-state index is 12.1. The topological polar surface area (TPSA) is 35.2 Å². The van der Waals surface area contributed by atoms with Gasteiger partial charge in [0.15, 0.2) is 0 Å². The Morgan fingerprint density at radius 3 is 2.57 bits per heavy atom. The molecule has 76 valence electrons. The van der Waals surface area contributed by atoms with Gasteiger partial charge in [-0.25, -0.2) is 4.39 Å². The van der Waals surface area contributed by atoms with Crippen molar-refractivity contribution >= 4 is 11.6 Å². The molecule has 0 aliphatic heterocycles. The number of nitrogens with two attached hydrogens (primary N) is 1. The summed E-state index contributed by atoms with van der Waals surface area (Å²) in [6.45, 7) is 0.318. The second kappa shape index (κ2) is 5.62. The van der Waals surface area contributed by atoms with E-state index in [0.717, 1.165) is 0 Å². The van der Waals surface area contributed by atoms with Crippen LogP contribution in [0, 0.1) is 0 Å². The second-order valence-corrected chi connectivity index (χ2v) is 3.15. The molecule has 0 atom stereocenters. The number of hydrogen-bond donors (Lipinski definition) is 1. The Labute approximate surface area is 87.1 Å². The standard InChI is InChI=1S/C10H11ClFNO/c11-9-1-3-10(4-2-9)14-7-8(5-12)6-13/h1-5H,6-7,13H2/b8-5+. The highest BCUT2D eigenvalue weighted by Gasteiger charge is 1.97. The molecule has 0 unspecified atom stereocenters. The van der Waals surface area contributed by atoms with E-state index in [9.17, 15) is 4.39 Å². The van der Waals surface area contributed by atoms with Gasteiger partial charge in [-0.3, -0.25) is 0 Å². The van der Waals surface area contributed by atoms with Crippen LogP contribution < -0.4 is 10.5 Å². The summed E-state index contributed by atoms with van der Waals surface area (Å²) in [5.41, 5.74) is 5.68. The minimum absolute atomic E-state index is 0.157. The molecule has 0 aliphatic carbocycles. The van der Waals surface area contributed by atoms with Crippen LogP contribution in [-0.4, -0.2) is 13.2 Å². The van der Waals surface area contributed by atoms with Gasteiger partial charge in [-0.2, -0.15) is 0 Å². The van der Waals surface area contributed by atoms with Crippen molar-refractivity contribution in [2.75, 3.05) is 13.2 Å². The van der Waals surface area contributed by atoms with E-state index in [0.29, 0.717) is 22.7 Å². The maximum Gasteiger partial charge on any atom is 0.119 e. The summed E-state index contributed by atoms with van der Waals surface area (Å²) in [7, 11) is 0. The van der Waals surface area contributed by atoms with Gasteiger partial charge in [-0.1, -0.05) is 11.6 Å². The Morgan fingerprint density at radius 1 is 1.43 bits per heavy atom. The average Bonchev–Trinajstić information content (AvgIpc) is 2.22. The van der Waals surface area contributed by atoms with Crippen LogP contribution in [0.2, 0.25) is 5.02 Å². The molecule has 1 aromatic rings. The van der Waals surface area contributed by atoms with Crippen molar-refractivity contribution in [3.8, 4) is 5.75 Å². The van der Waals surface area contributed by atoms with Gasteiger partial charge in [0.2, 0.25) is 0 Å². The lowest BCUT2D eigenvalue weighted by molar-refractivity contribution is 0.347. The van der Waals surface area contributed by atoms with Crippen LogP contribution >= 0.6 is 11.6 Å². The Morgan fingerprint density at radius 2 is 2.07 bits per heavy atom. The molecule has 0 saturated carbocycles. The fourth-order valence-corrected chi connectivity index (χ4v) is 0.968. The highest BCUT2D eigenvalue weighted by Crippen LogP contribution is 2.15. The first-order chi connectivity index (χ1) is 6.76. The predicted molar refractivity (Wildman–Crippen MR) is 55.2 cm³/mol. The summed E-state index contributed by atoms with van der Waals surface area (Å²) in [5, 5.41) is 0.637. The lowest BCUT2D eigenvalue weighted by atomic mass is 10.3. The van der Waals surface area contributed by atoms with E-state index < -0.39 is 0 Å². The second-order valence-electron chi connectivity index (χ2n) is 2.71. The van der Waals surface area contributed by atoms with Crippen molar-refractivity contribution in [3.05, 3.63) is 41.2 Å². The first-order valence-electron chi connectivity index (χ1n) is 4.13. The quantitative estimate of drug-likeness (QED) is 0.838. The van der Waals surface area contributed by atoms with Crippen molar-refractivity contribution in [2.24, 2.45) is 5.73 Å². The van der Waals surface area contributed by atoms with Gasteiger partial charge in [0.25, 0.3) is 0 Å². The Balaban J connectivity index is 2.49. The van der Waals surface area contributed by atoms with Crippen LogP contribution in [0.1, 0.15) is 0 Å². The van der Waals surface area contributed by atoms with Crippen LogP contribution in [0.15, 0.2) is 36.2 Å². The molecule has 0 fully saturated rings. The molecule has 0 amide bonds. The fraction of sp³-hybridized carbons (Fsp3) is 0.200. The molecular formula is C10H11ClFNO. The van der Waals surface area contributed by atoms with Crippen LogP contribution in [0.5, 0.6) is 5.75 Å². The van der Waals surface area contributed by atoms with E-state index in [1.165, 1.54) is 0 Å². The number of ether oxygens (including phenoxy) is 1. The molecule has 1 rings (SSSR count). The monoisotopic (exact) mass is 215 g/mol. The third-order valence-electron chi connectivity index (χ3n) is 1.65. The van der Waals surface area contributed by atoms with Gasteiger partial charge in [0.05, 0.1) is 6.33 Å². The summed E-state index contributed by atoms with van der Waals surface area (Å²) in [6.07, 6.45) is 0.468. The van der Waals surface area contributed by atoms with Crippen molar-refractivity contribution in [1.29, 1.82) is 0 Å². The third kappa shape index (κ3) is 3.36. The molecule has 2 nitrogen and oxygen atoms in total. The van der Waals surface area contributed by atoms with E-state index in [1.807, 2.05) is 0 Å². The van der Waals surface area contributed by atoms with Crippen molar-refractivity contribution in [3.63, 3.8) is 0 Å². The van der Waals surface area contributed by atoms with Crippen LogP contribution in [0.4, 0.5) is 4.39 Å². The van der Waals surface area contributed by atoms with Crippen molar-refractivity contribution in [2.45, 2.75) is 0 Å². The van der Waals surface area contributed by atoms with E-state index >= 15 is 0 Å². The van der Waals surface area contributed by atoms with E-state index in [4.69, 9.17) is 22.1 Å². The van der Waals surface area contributed by atoms with E-state index in [1.54, 1.807) is 24.3 Å². The maximum absolute atomic E-state index is 12.1. The van der Waals surface area contributed by atoms with E-state index in [-0.39, 0.29) is 13.2 Å².